The zero-order chi connectivity index (χ0) is 23.6. The predicted molar refractivity (Wildman–Crippen MR) is 105 cm³/mol. The second-order valence-corrected chi connectivity index (χ2v) is 6.94. The lowest BCUT2D eigenvalue weighted by Crippen LogP contribution is -2.43. The molecule has 0 radical (unpaired) electrons. The van der Waals surface area contributed by atoms with Crippen LogP contribution >= 0.6 is 0 Å². The first-order valence-corrected chi connectivity index (χ1v) is 9.16. The fourth-order valence-corrected chi connectivity index (χ4v) is 2.90. The van der Waals surface area contributed by atoms with Crippen molar-refractivity contribution in [1.82, 2.24) is 4.90 Å². The maximum atomic E-state index is 14.1. The van der Waals surface area contributed by atoms with Crippen LogP contribution < -0.4 is 4.74 Å². The fourth-order valence-electron chi connectivity index (χ4n) is 2.90. The van der Waals surface area contributed by atoms with E-state index in [1.165, 1.54) is 19.3 Å². The highest BCUT2D eigenvalue weighted by Crippen LogP contribution is 2.49. The first-order valence-electron chi connectivity index (χ1n) is 9.16. The molecule has 0 aliphatic heterocycles. The van der Waals surface area contributed by atoms with Crippen LogP contribution in [-0.2, 0) is 11.8 Å². The number of aryl methyl sites for hydroxylation is 1. The van der Waals surface area contributed by atoms with Crippen molar-refractivity contribution < 1.29 is 36.2 Å². The molecule has 0 aromatic heterocycles. The van der Waals surface area contributed by atoms with Crippen molar-refractivity contribution in [2.24, 2.45) is 4.99 Å². The number of nitrogens with zero attached hydrogens (tertiary/aromatic N) is 2. The highest BCUT2D eigenvalue weighted by atomic mass is 19.4. The van der Waals surface area contributed by atoms with Crippen LogP contribution in [0.2, 0.25) is 0 Å². The lowest BCUT2D eigenvalue weighted by molar-refractivity contribution is -0.248. The number of alkyl halides is 6. The molecule has 170 valence electrons. The van der Waals surface area contributed by atoms with Gasteiger partial charge in [0.2, 0.25) is 5.60 Å². The van der Waals surface area contributed by atoms with Crippen LogP contribution in [0.5, 0.6) is 5.75 Å². The van der Waals surface area contributed by atoms with E-state index in [9.17, 15) is 31.4 Å². The molecule has 1 N–H and O–H groups in total. The summed E-state index contributed by atoms with van der Waals surface area (Å²) in [6.45, 7) is 3.99. The minimum Gasteiger partial charge on any atom is -0.496 e. The second-order valence-electron chi connectivity index (χ2n) is 6.94. The molecule has 0 spiro atoms. The SMILES string of the molecule is CCN(C)C=Nc1cc(OC)c(C(O)(c2cccc(C(F)(F)F)c2)C(F)(F)F)cc1C. The summed E-state index contributed by atoms with van der Waals surface area (Å²) in [6.07, 6.45) is -8.75. The van der Waals surface area contributed by atoms with E-state index in [1.807, 2.05) is 6.92 Å². The summed E-state index contributed by atoms with van der Waals surface area (Å²) in [5.41, 5.74) is -6.21. The molecule has 0 amide bonds. The summed E-state index contributed by atoms with van der Waals surface area (Å²) in [7, 11) is 2.85. The molecule has 2 rings (SSSR count). The molecule has 0 saturated heterocycles. The fraction of sp³-hybridized carbons (Fsp3) is 0.381. The minimum absolute atomic E-state index is 0.270. The van der Waals surface area contributed by atoms with Crippen LogP contribution in [0, 0.1) is 6.92 Å². The van der Waals surface area contributed by atoms with Gasteiger partial charge < -0.3 is 14.7 Å². The van der Waals surface area contributed by atoms with Crippen molar-refractivity contribution in [3.05, 3.63) is 58.7 Å². The number of hydrogen-bond acceptors (Lipinski definition) is 3. The molecule has 0 bridgehead atoms. The Bertz CT molecular complexity index is 956. The quantitative estimate of drug-likeness (QED) is 0.364. The molecule has 4 nitrogen and oxygen atoms in total. The number of methoxy groups -OCH3 is 1. The van der Waals surface area contributed by atoms with Crippen LogP contribution in [0.3, 0.4) is 0 Å². The molecule has 1 atom stereocenters. The average molecular weight is 448 g/mol. The van der Waals surface area contributed by atoms with Gasteiger partial charge >= 0.3 is 12.4 Å². The third-order valence-electron chi connectivity index (χ3n) is 4.82. The van der Waals surface area contributed by atoms with Crippen molar-refractivity contribution in [2.75, 3.05) is 20.7 Å². The van der Waals surface area contributed by atoms with E-state index in [-0.39, 0.29) is 23.1 Å². The number of hydrogen-bond donors (Lipinski definition) is 1. The molecule has 2 aromatic carbocycles. The van der Waals surface area contributed by atoms with Crippen molar-refractivity contribution in [2.45, 2.75) is 31.8 Å². The van der Waals surface area contributed by atoms with Gasteiger partial charge in [-0.2, -0.15) is 26.3 Å². The molecule has 10 heteroatoms. The highest BCUT2D eigenvalue weighted by molar-refractivity contribution is 5.66. The monoisotopic (exact) mass is 448 g/mol. The van der Waals surface area contributed by atoms with Gasteiger partial charge in [-0.05, 0) is 43.2 Å². The summed E-state index contributed by atoms with van der Waals surface area (Å²) in [5, 5.41) is 10.8. The van der Waals surface area contributed by atoms with Gasteiger partial charge in [0.25, 0.3) is 0 Å². The smallest absolute Gasteiger partial charge is 0.425 e. The lowest BCUT2D eigenvalue weighted by atomic mass is 9.83. The number of ether oxygens (including phenoxy) is 1. The standard InChI is InChI=1S/C21H22F6N2O2/c1-5-29(3)12-28-17-11-18(31-4)16(9-13(17)2)19(30,21(25,26)27)14-7-6-8-15(10-14)20(22,23)24/h6-12,30H,5H2,1-4H3. The van der Waals surface area contributed by atoms with Crippen LogP contribution in [0.4, 0.5) is 32.0 Å². The molecule has 0 saturated carbocycles. The largest absolute Gasteiger partial charge is 0.496 e. The number of aliphatic hydroxyl groups is 1. The normalized spacial score (nSPS) is 14.5. The third-order valence-corrected chi connectivity index (χ3v) is 4.82. The first kappa shape index (κ1) is 24.5. The first-order chi connectivity index (χ1) is 14.3. The number of aliphatic imine (C=N–C) groups is 1. The van der Waals surface area contributed by atoms with Gasteiger partial charge in [-0.1, -0.05) is 12.1 Å². The van der Waals surface area contributed by atoms with Gasteiger partial charge in [-0.3, -0.25) is 0 Å². The van der Waals surface area contributed by atoms with Crippen molar-refractivity contribution in [3.63, 3.8) is 0 Å². The number of halogens is 6. The summed E-state index contributed by atoms with van der Waals surface area (Å²) >= 11 is 0. The Labute approximate surface area is 175 Å². The van der Waals surface area contributed by atoms with E-state index in [0.717, 1.165) is 25.3 Å². The van der Waals surface area contributed by atoms with Crippen LogP contribution in [-0.4, -0.2) is 43.2 Å². The molecule has 0 heterocycles. The Morgan fingerprint density at radius 1 is 1.06 bits per heavy atom. The molecular weight excluding hydrogens is 426 g/mol. The Hall–Kier alpha value is -2.75. The Morgan fingerprint density at radius 3 is 2.19 bits per heavy atom. The molecule has 1 unspecified atom stereocenters. The van der Waals surface area contributed by atoms with E-state index >= 15 is 0 Å². The van der Waals surface area contributed by atoms with E-state index in [0.29, 0.717) is 12.6 Å². The van der Waals surface area contributed by atoms with Gasteiger partial charge in [-0.15, -0.1) is 0 Å². The molecule has 31 heavy (non-hydrogen) atoms. The molecule has 0 aliphatic carbocycles. The van der Waals surface area contributed by atoms with Gasteiger partial charge in [0, 0.05) is 25.2 Å². The zero-order valence-electron chi connectivity index (χ0n) is 17.3. The van der Waals surface area contributed by atoms with Crippen LogP contribution in [0.25, 0.3) is 0 Å². The maximum Gasteiger partial charge on any atom is 0.425 e. The third kappa shape index (κ3) is 4.95. The summed E-state index contributed by atoms with van der Waals surface area (Å²) in [4.78, 5) is 5.93. The lowest BCUT2D eigenvalue weighted by Gasteiger charge is -2.33. The second kappa shape index (κ2) is 8.78. The van der Waals surface area contributed by atoms with Crippen molar-refractivity contribution in [3.8, 4) is 5.75 Å². The van der Waals surface area contributed by atoms with Crippen LogP contribution in [0.15, 0.2) is 41.4 Å². The number of rotatable bonds is 6. The summed E-state index contributed by atoms with van der Waals surface area (Å²) < 4.78 is 86.7. The van der Waals surface area contributed by atoms with E-state index in [1.54, 1.807) is 11.9 Å². The highest BCUT2D eigenvalue weighted by Gasteiger charge is 2.58. The average Bonchev–Trinajstić information content (AvgIpc) is 2.70. The Morgan fingerprint density at radius 2 is 1.68 bits per heavy atom. The molecule has 2 aromatic rings. The van der Waals surface area contributed by atoms with E-state index < -0.39 is 34.6 Å². The van der Waals surface area contributed by atoms with E-state index in [4.69, 9.17) is 4.74 Å². The van der Waals surface area contributed by atoms with Crippen LogP contribution in [0.1, 0.15) is 29.2 Å². The Balaban J connectivity index is 2.75. The molecule has 0 aliphatic rings. The van der Waals surface area contributed by atoms with Gasteiger partial charge in [0.05, 0.1) is 24.7 Å². The topological polar surface area (TPSA) is 45.1 Å². The van der Waals surface area contributed by atoms with Gasteiger partial charge in [0.15, 0.2) is 0 Å². The zero-order valence-corrected chi connectivity index (χ0v) is 17.3. The molecule has 0 fully saturated rings. The summed E-state index contributed by atoms with van der Waals surface area (Å²) in [5.74, 6) is -0.367. The Kier molecular flexibility index (Phi) is 6.94. The predicted octanol–water partition coefficient (Wildman–Crippen LogP) is 5.43. The van der Waals surface area contributed by atoms with Gasteiger partial charge in [-0.25, -0.2) is 4.99 Å². The minimum atomic E-state index is -5.34. The maximum absolute atomic E-state index is 14.1. The van der Waals surface area contributed by atoms with E-state index in [2.05, 4.69) is 4.99 Å². The van der Waals surface area contributed by atoms with Crippen molar-refractivity contribution in [1.29, 1.82) is 0 Å². The van der Waals surface area contributed by atoms with Crippen molar-refractivity contribution >= 4 is 12.0 Å². The molecular formula is C21H22F6N2O2. The van der Waals surface area contributed by atoms with Gasteiger partial charge in [0.1, 0.15) is 5.75 Å². The number of benzene rings is 2. The summed E-state index contributed by atoms with van der Waals surface area (Å²) in [6, 6.07) is 4.74.